The molecule has 1 aromatic carbocycles. The summed E-state index contributed by atoms with van der Waals surface area (Å²) in [6.45, 7) is 2.43. The number of nitrogens with zero attached hydrogens (tertiary/aromatic N) is 2. The molecule has 1 aliphatic heterocycles. The standard InChI is InChI=1S/C19H22N4O3S2/c1-2-28(25,26)23-9-7-13(8-10-23)18(24)22-19-21-17(12-27-19)15-11-20-16-6-4-3-5-14(15)16/h3-6,11-13,20H,2,7-10H2,1H3,(H,21,22,24). The first kappa shape index (κ1) is 19.1. The van der Waals surface area contributed by atoms with E-state index in [4.69, 9.17) is 0 Å². The first-order valence-corrected chi connectivity index (χ1v) is 11.8. The quantitative estimate of drug-likeness (QED) is 0.665. The number of nitrogens with one attached hydrogen (secondary N) is 2. The third kappa shape index (κ3) is 3.69. The molecule has 1 aliphatic rings. The number of para-hydroxylation sites is 1. The van der Waals surface area contributed by atoms with E-state index in [9.17, 15) is 13.2 Å². The summed E-state index contributed by atoms with van der Waals surface area (Å²) in [6.07, 6.45) is 2.99. The molecule has 7 nitrogen and oxygen atoms in total. The fourth-order valence-electron chi connectivity index (χ4n) is 3.52. The number of carbonyl (C=O) groups excluding carboxylic acids is 1. The molecule has 0 spiro atoms. The van der Waals surface area contributed by atoms with Gasteiger partial charge in [-0.25, -0.2) is 17.7 Å². The van der Waals surface area contributed by atoms with E-state index in [0.717, 1.165) is 22.2 Å². The molecule has 0 atom stereocenters. The van der Waals surface area contributed by atoms with Crippen molar-refractivity contribution in [2.24, 2.45) is 5.92 Å². The maximum Gasteiger partial charge on any atom is 0.229 e. The number of benzene rings is 1. The number of hydrogen-bond donors (Lipinski definition) is 2. The Morgan fingerprint density at radius 2 is 2.07 bits per heavy atom. The first-order valence-electron chi connectivity index (χ1n) is 9.28. The number of rotatable bonds is 5. The minimum Gasteiger partial charge on any atom is -0.360 e. The average molecular weight is 419 g/mol. The van der Waals surface area contributed by atoms with E-state index in [1.54, 1.807) is 6.92 Å². The second-order valence-electron chi connectivity index (χ2n) is 6.85. The second kappa shape index (κ2) is 7.65. The van der Waals surface area contributed by atoms with Gasteiger partial charge in [0.2, 0.25) is 15.9 Å². The summed E-state index contributed by atoms with van der Waals surface area (Å²) < 4.78 is 25.4. The molecule has 3 heterocycles. The molecule has 2 N–H and O–H groups in total. The Hall–Kier alpha value is -2.23. The number of anilines is 1. The van der Waals surface area contributed by atoms with Gasteiger partial charge in [0, 0.05) is 47.1 Å². The Morgan fingerprint density at radius 1 is 1.32 bits per heavy atom. The van der Waals surface area contributed by atoms with Gasteiger partial charge in [-0.1, -0.05) is 18.2 Å². The van der Waals surface area contributed by atoms with Gasteiger partial charge in [-0.2, -0.15) is 0 Å². The Morgan fingerprint density at radius 3 is 2.82 bits per heavy atom. The van der Waals surface area contributed by atoms with Crippen molar-refractivity contribution in [3.05, 3.63) is 35.8 Å². The smallest absolute Gasteiger partial charge is 0.229 e. The molecule has 0 aliphatic carbocycles. The van der Waals surface area contributed by atoms with Crippen LogP contribution in [0.5, 0.6) is 0 Å². The number of hydrogen-bond acceptors (Lipinski definition) is 5. The number of sulfonamides is 1. The summed E-state index contributed by atoms with van der Waals surface area (Å²) in [7, 11) is -3.18. The van der Waals surface area contributed by atoms with Crippen LogP contribution in [0.25, 0.3) is 22.2 Å². The zero-order chi connectivity index (χ0) is 19.7. The van der Waals surface area contributed by atoms with Gasteiger partial charge in [0.05, 0.1) is 11.4 Å². The zero-order valence-corrected chi connectivity index (χ0v) is 17.1. The molecular formula is C19H22N4O3S2. The summed E-state index contributed by atoms with van der Waals surface area (Å²) in [5.41, 5.74) is 2.87. The highest BCUT2D eigenvalue weighted by atomic mass is 32.2. The highest BCUT2D eigenvalue weighted by Crippen LogP contribution is 2.31. The van der Waals surface area contributed by atoms with Gasteiger partial charge >= 0.3 is 0 Å². The van der Waals surface area contributed by atoms with Crippen LogP contribution < -0.4 is 5.32 Å². The predicted octanol–water partition coefficient (Wildman–Crippen LogP) is 3.29. The number of H-pyrrole nitrogens is 1. The van der Waals surface area contributed by atoms with Gasteiger partial charge in [-0.05, 0) is 25.8 Å². The van der Waals surface area contributed by atoms with Gasteiger partial charge < -0.3 is 10.3 Å². The Bertz CT molecular complexity index is 1100. The van der Waals surface area contributed by atoms with Crippen LogP contribution in [0.2, 0.25) is 0 Å². The van der Waals surface area contributed by atoms with E-state index in [1.807, 2.05) is 35.8 Å². The maximum atomic E-state index is 12.6. The number of aromatic nitrogens is 2. The number of thiazole rings is 1. The summed E-state index contributed by atoms with van der Waals surface area (Å²) in [6, 6.07) is 8.02. The lowest BCUT2D eigenvalue weighted by molar-refractivity contribution is -0.120. The molecule has 148 valence electrons. The summed E-state index contributed by atoms with van der Waals surface area (Å²) in [4.78, 5) is 20.4. The number of carbonyl (C=O) groups is 1. The summed E-state index contributed by atoms with van der Waals surface area (Å²) in [5, 5.41) is 6.49. The molecular weight excluding hydrogens is 396 g/mol. The molecule has 1 amide bonds. The van der Waals surface area contributed by atoms with Crippen molar-refractivity contribution in [2.75, 3.05) is 24.2 Å². The number of amides is 1. The molecule has 0 radical (unpaired) electrons. The monoisotopic (exact) mass is 418 g/mol. The molecule has 4 rings (SSSR count). The largest absolute Gasteiger partial charge is 0.360 e. The lowest BCUT2D eigenvalue weighted by Gasteiger charge is -2.30. The van der Waals surface area contributed by atoms with Crippen LogP contribution in [0.15, 0.2) is 35.8 Å². The molecule has 1 fully saturated rings. The van der Waals surface area contributed by atoms with Crippen molar-refractivity contribution in [1.29, 1.82) is 0 Å². The maximum absolute atomic E-state index is 12.6. The molecule has 1 saturated heterocycles. The van der Waals surface area contributed by atoms with Gasteiger partial charge in [0.15, 0.2) is 5.13 Å². The number of fused-ring (bicyclic) bond motifs is 1. The topological polar surface area (TPSA) is 95.2 Å². The number of aromatic amines is 1. The third-order valence-corrected chi connectivity index (χ3v) is 7.82. The van der Waals surface area contributed by atoms with Crippen LogP contribution in [-0.4, -0.2) is 47.4 Å². The SMILES string of the molecule is CCS(=O)(=O)N1CCC(C(=O)Nc2nc(-c3c[nH]c4ccccc34)cs2)CC1. The lowest BCUT2D eigenvalue weighted by atomic mass is 9.97. The fraction of sp³-hybridized carbons (Fsp3) is 0.368. The van der Waals surface area contributed by atoms with Gasteiger partial charge in [0.25, 0.3) is 0 Å². The first-order chi connectivity index (χ1) is 13.5. The van der Waals surface area contributed by atoms with E-state index in [2.05, 4.69) is 15.3 Å². The van der Waals surface area contributed by atoms with Crippen molar-refractivity contribution >= 4 is 43.3 Å². The molecule has 0 saturated carbocycles. The molecule has 9 heteroatoms. The molecule has 28 heavy (non-hydrogen) atoms. The Labute approximate surface area is 167 Å². The Balaban J connectivity index is 1.41. The van der Waals surface area contributed by atoms with Crippen LogP contribution in [0, 0.1) is 5.92 Å². The van der Waals surface area contributed by atoms with Crippen molar-refractivity contribution < 1.29 is 13.2 Å². The van der Waals surface area contributed by atoms with Crippen LogP contribution in [0.3, 0.4) is 0 Å². The zero-order valence-electron chi connectivity index (χ0n) is 15.5. The van der Waals surface area contributed by atoms with Crippen LogP contribution in [0.4, 0.5) is 5.13 Å². The normalized spacial score (nSPS) is 16.5. The summed E-state index contributed by atoms with van der Waals surface area (Å²) in [5.74, 6) is -0.184. The van der Waals surface area contributed by atoms with Crippen molar-refractivity contribution in [3.63, 3.8) is 0 Å². The fourth-order valence-corrected chi connectivity index (χ4v) is 5.37. The Kier molecular flexibility index (Phi) is 5.22. The lowest BCUT2D eigenvalue weighted by Crippen LogP contribution is -2.42. The molecule has 0 unspecified atom stereocenters. The summed E-state index contributed by atoms with van der Waals surface area (Å²) >= 11 is 1.39. The van der Waals surface area contributed by atoms with E-state index in [-0.39, 0.29) is 17.6 Å². The molecule has 2 aromatic heterocycles. The predicted molar refractivity (Wildman–Crippen MR) is 112 cm³/mol. The van der Waals surface area contributed by atoms with Gasteiger partial charge in [-0.3, -0.25) is 4.79 Å². The second-order valence-corrected chi connectivity index (χ2v) is 9.96. The van der Waals surface area contributed by atoms with E-state index in [1.165, 1.54) is 15.6 Å². The van der Waals surface area contributed by atoms with E-state index in [0.29, 0.717) is 31.1 Å². The van der Waals surface area contributed by atoms with Crippen LogP contribution in [0.1, 0.15) is 19.8 Å². The van der Waals surface area contributed by atoms with Crippen molar-refractivity contribution in [2.45, 2.75) is 19.8 Å². The number of piperidine rings is 1. The van der Waals surface area contributed by atoms with Gasteiger partial charge in [-0.15, -0.1) is 11.3 Å². The highest BCUT2D eigenvalue weighted by Gasteiger charge is 2.30. The third-order valence-electron chi connectivity index (χ3n) is 5.18. The molecule has 0 bridgehead atoms. The van der Waals surface area contributed by atoms with Crippen molar-refractivity contribution in [3.8, 4) is 11.3 Å². The van der Waals surface area contributed by atoms with Crippen LogP contribution >= 0.6 is 11.3 Å². The minimum absolute atomic E-state index is 0.0895. The average Bonchev–Trinajstić information content (AvgIpc) is 3.34. The van der Waals surface area contributed by atoms with Gasteiger partial charge in [0.1, 0.15) is 0 Å². The minimum atomic E-state index is -3.18. The molecule has 3 aromatic rings. The van der Waals surface area contributed by atoms with E-state index < -0.39 is 10.0 Å². The van der Waals surface area contributed by atoms with Crippen LogP contribution in [-0.2, 0) is 14.8 Å². The van der Waals surface area contributed by atoms with E-state index >= 15 is 0 Å². The highest BCUT2D eigenvalue weighted by molar-refractivity contribution is 7.89. The van der Waals surface area contributed by atoms with Crippen molar-refractivity contribution in [1.82, 2.24) is 14.3 Å².